The third-order valence-electron chi connectivity index (χ3n) is 7.02. The molecule has 2 amide bonds. The molecule has 3 aromatic rings. The van der Waals surface area contributed by atoms with Gasteiger partial charge in [-0.05, 0) is 55.7 Å². The maximum atomic E-state index is 14.0. The summed E-state index contributed by atoms with van der Waals surface area (Å²) in [6.07, 6.45) is 1.59. The minimum atomic E-state index is -3.69. The van der Waals surface area contributed by atoms with Gasteiger partial charge in [0.1, 0.15) is 19.3 Å². The highest BCUT2D eigenvalue weighted by Crippen LogP contribution is 2.35. The molecule has 0 saturated carbocycles. The van der Waals surface area contributed by atoms with Crippen LogP contribution in [-0.2, 0) is 32.6 Å². The molecule has 0 aromatic heterocycles. The first-order chi connectivity index (χ1) is 20.9. The number of nitrogens with one attached hydrogen (secondary N) is 1. The van der Waals surface area contributed by atoms with Crippen molar-refractivity contribution in [1.82, 2.24) is 10.2 Å². The van der Waals surface area contributed by atoms with E-state index in [1.54, 1.807) is 36.4 Å². The second-order valence-corrected chi connectivity index (χ2v) is 13.6. The molecule has 1 heterocycles. The van der Waals surface area contributed by atoms with Crippen molar-refractivity contribution in [3.63, 3.8) is 0 Å². The molecule has 1 aliphatic rings. The van der Waals surface area contributed by atoms with Gasteiger partial charge in [-0.15, -0.1) is 0 Å². The van der Waals surface area contributed by atoms with Gasteiger partial charge in [0.25, 0.3) is 0 Å². The lowest BCUT2D eigenvalue weighted by atomic mass is 10.0. The molecule has 0 spiro atoms. The predicted molar refractivity (Wildman–Crippen MR) is 173 cm³/mol. The van der Waals surface area contributed by atoms with Crippen LogP contribution in [0.15, 0.2) is 66.7 Å². The number of rotatable bonds is 13. The Morgan fingerprint density at radius 2 is 1.66 bits per heavy atom. The molecule has 4 rings (SSSR count). The number of ether oxygens (including phenoxy) is 2. The number of hydrogen-bond acceptors (Lipinski definition) is 6. The summed E-state index contributed by atoms with van der Waals surface area (Å²) < 4.78 is 38.0. The van der Waals surface area contributed by atoms with Crippen molar-refractivity contribution in [3.8, 4) is 11.5 Å². The van der Waals surface area contributed by atoms with Crippen LogP contribution in [0.4, 0.5) is 5.69 Å². The summed E-state index contributed by atoms with van der Waals surface area (Å²) in [5, 5.41) is 3.78. The SMILES string of the molecule is CC(C)NC(=O)[C@H](Cc1ccccc1)N(Cc1ccc(Cl)cc1Cl)C(=O)CCCN(c1ccc2c(c1)OCCO2)S(C)(=O)=O. The molecule has 0 radical (unpaired) electrons. The van der Waals surface area contributed by atoms with Gasteiger partial charge >= 0.3 is 0 Å². The zero-order chi connectivity index (χ0) is 31.9. The highest BCUT2D eigenvalue weighted by molar-refractivity contribution is 7.92. The summed E-state index contributed by atoms with van der Waals surface area (Å²) in [6, 6.07) is 18.4. The highest BCUT2D eigenvalue weighted by atomic mass is 35.5. The van der Waals surface area contributed by atoms with Crippen molar-refractivity contribution in [2.75, 3.05) is 30.3 Å². The molecule has 9 nitrogen and oxygen atoms in total. The molecule has 3 aromatic carbocycles. The van der Waals surface area contributed by atoms with E-state index in [0.717, 1.165) is 11.8 Å². The minimum Gasteiger partial charge on any atom is -0.486 e. The maximum Gasteiger partial charge on any atom is 0.243 e. The monoisotopic (exact) mass is 661 g/mol. The zero-order valence-corrected chi connectivity index (χ0v) is 27.3. The molecule has 0 fully saturated rings. The van der Waals surface area contributed by atoms with Gasteiger partial charge in [-0.2, -0.15) is 0 Å². The van der Waals surface area contributed by atoms with Crippen molar-refractivity contribution in [2.24, 2.45) is 0 Å². The molecular weight excluding hydrogens is 625 g/mol. The smallest absolute Gasteiger partial charge is 0.243 e. The Balaban J connectivity index is 1.59. The number of amides is 2. The number of benzene rings is 3. The van der Waals surface area contributed by atoms with E-state index in [2.05, 4.69) is 5.32 Å². The number of hydrogen-bond donors (Lipinski definition) is 1. The average molecular weight is 663 g/mol. The van der Waals surface area contributed by atoms with Gasteiger partial charge in [-0.1, -0.05) is 59.6 Å². The second-order valence-electron chi connectivity index (χ2n) is 10.9. The Morgan fingerprint density at radius 3 is 2.32 bits per heavy atom. The number of halogens is 2. The van der Waals surface area contributed by atoms with Crippen molar-refractivity contribution in [3.05, 3.63) is 87.9 Å². The van der Waals surface area contributed by atoms with Crippen LogP contribution in [0.2, 0.25) is 10.0 Å². The van der Waals surface area contributed by atoms with E-state index in [1.807, 2.05) is 44.2 Å². The Kier molecular flexibility index (Phi) is 11.4. The summed E-state index contributed by atoms with van der Waals surface area (Å²) in [4.78, 5) is 29.1. The molecule has 0 aliphatic carbocycles. The van der Waals surface area contributed by atoms with Crippen molar-refractivity contribution in [2.45, 2.75) is 51.7 Å². The standard InChI is InChI=1S/C32H37Cl2N3O6S/c1-22(2)35-32(39)28(18-23-8-5-4-6-9-23)36(21-24-11-12-25(33)19-27(24)34)31(38)10-7-15-37(44(3,40)41)26-13-14-29-30(20-26)43-17-16-42-29/h4-6,8-9,11-14,19-20,22,28H,7,10,15-18,21H2,1-3H3,(H,35,39)/t28-/m0/s1. The van der Waals surface area contributed by atoms with Gasteiger partial charge in [0.2, 0.25) is 21.8 Å². The lowest BCUT2D eigenvalue weighted by molar-refractivity contribution is -0.141. The fourth-order valence-electron chi connectivity index (χ4n) is 4.96. The zero-order valence-electron chi connectivity index (χ0n) is 25.0. The summed E-state index contributed by atoms with van der Waals surface area (Å²) in [5.74, 6) is 0.400. The fourth-order valence-corrected chi connectivity index (χ4v) is 6.38. The van der Waals surface area contributed by atoms with Crippen molar-refractivity contribution >= 4 is 50.7 Å². The van der Waals surface area contributed by atoms with Gasteiger partial charge in [0, 0.05) is 48.1 Å². The van der Waals surface area contributed by atoms with Gasteiger partial charge in [-0.3, -0.25) is 13.9 Å². The number of carbonyl (C=O) groups excluding carboxylic acids is 2. The van der Waals surface area contributed by atoms with Gasteiger partial charge in [0.05, 0.1) is 11.9 Å². The topological polar surface area (TPSA) is 105 Å². The van der Waals surface area contributed by atoms with Crippen LogP contribution in [-0.4, -0.2) is 63.2 Å². The molecular formula is C32H37Cl2N3O6S. The third-order valence-corrected chi connectivity index (χ3v) is 8.80. The maximum absolute atomic E-state index is 14.0. The first-order valence-corrected chi connectivity index (χ1v) is 17.0. The Hall–Kier alpha value is -3.47. The molecule has 0 saturated heterocycles. The van der Waals surface area contributed by atoms with E-state index in [0.29, 0.717) is 46.0 Å². The number of carbonyl (C=O) groups is 2. The van der Waals surface area contributed by atoms with Crippen LogP contribution in [0.1, 0.15) is 37.8 Å². The quantitative estimate of drug-likeness (QED) is 0.260. The van der Waals surface area contributed by atoms with Crippen LogP contribution in [0.25, 0.3) is 0 Å². The van der Waals surface area contributed by atoms with Crippen LogP contribution in [0.5, 0.6) is 11.5 Å². The van der Waals surface area contributed by atoms with Crippen LogP contribution in [0.3, 0.4) is 0 Å². The van der Waals surface area contributed by atoms with Crippen molar-refractivity contribution in [1.29, 1.82) is 0 Å². The lowest BCUT2D eigenvalue weighted by Gasteiger charge is -2.32. The average Bonchev–Trinajstić information content (AvgIpc) is 2.97. The minimum absolute atomic E-state index is 0.0119. The normalized spacial score (nSPS) is 13.3. The van der Waals surface area contributed by atoms with E-state index in [-0.39, 0.29) is 50.2 Å². The van der Waals surface area contributed by atoms with Gasteiger partial charge < -0.3 is 19.7 Å². The van der Waals surface area contributed by atoms with E-state index in [1.165, 1.54) is 9.21 Å². The summed E-state index contributed by atoms with van der Waals surface area (Å²) in [6.45, 7) is 4.61. The molecule has 1 N–H and O–H groups in total. The molecule has 236 valence electrons. The summed E-state index contributed by atoms with van der Waals surface area (Å²) >= 11 is 12.6. The van der Waals surface area contributed by atoms with E-state index in [4.69, 9.17) is 32.7 Å². The molecule has 0 bridgehead atoms. The summed E-state index contributed by atoms with van der Waals surface area (Å²) in [5.41, 5.74) is 1.93. The number of nitrogens with zero attached hydrogens (tertiary/aromatic N) is 2. The number of sulfonamides is 1. The third kappa shape index (κ3) is 9.03. The first-order valence-electron chi connectivity index (χ1n) is 14.4. The molecule has 44 heavy (non-hydrogen) atoms. The summed E-state index contributed by atoms with van der Waals surface area (Å²) in [7, 11) is -3.69. The Labute approximate surface area is 269 Å². The van der Waals surface area contributed by atoms with Gasteiger partial charge in [-0.25, -0.2) is 8.42 Å². The highest BCUT2D eigenvalue weighted by Gasteiger charge is 2.31. The van der Waals surface area contributed by atoms with Crippen LogP contribution < -0.4 is 19.1 Å². The van der Waals surface area contributed by atoms with Gasteiger partial charge in [0.15, 0.2) is 11.5 Å². The van der Waals surface area contributed by atoms with E-state index < -0.39 is 16.1 Å². The fraction of sp³-hybridized carbons (Fsp3) is 0.375. The van der Waals surface area contributed by atoms with Crippen LogP contribution in [0, 0.1) is 0 Å². The molecule has 1 atom stereocenters. The van der Waals surface area contributed by atoms with E-state index >= 15 is 0 Å². The van der Waals surface area contributed by atoms with Crippen LogP contribution >= 0.6 is 23.2 Å². The van der Waals surface area contributed by atoms with E-state index in [9.17, 15) is 18.0 Å². The molecule has 0 unspecified atom stereocenters. The predicted octanol–water partition coefficient (Wildman–Crippen LogP) is 5.48. The Bertz CT molecular complexity index is 1570. The Morgan fingerprint density at radius 1 is 0.955 bits per heavy atom. The number of fused-ring (bicyclic) bond motifs is 1. The lowest BCUT2D eigenvalue weighted by Crippen LogP contribution is -2.51. The number of anilines is 1. The molecule has 12 heteroatoms. The second kappa shape index (κ2) is 15.0. The first kappa shape index (κ1) is 33.4. The largest absolute Gasteiger partial charge is 0.486 e. The van der Waals surface area contributed by atoms with Crippen molar-refractivity contribution < 1.29 is 27.5 Å². The molecule has 1 aliphatic heterocycles.